The monoisotopic (exact) mass is 437 g/mol. The van der Waals surface area contributed by atoms with E-state index in [9.17, 15) is 4.79 Å². The normalized spacial score (nSPS) is 14.1. The van der Waals surface area contributed by atoms with Crippen LogP contribution in [0.2, 0.25) is 5.02 Å². The number of nitrogens with one attached hydrogen (secondary N) is 1. The van der Waals surface area contributed by atoms with E-state index in [0.29, 0.717) is 17.5 Å². The van der Waals surface area contributed by atoms with Crippen LogP contribution in [0.15, 0.2) is 53.6 Å². The highest BCUT2D eigenvalue weighted by molar-refractivity contribution is 7.18. The molecule has 4 heterocycles. The second kappa shape index (κ2) is 7.83. The van der Waals surface area contributed by atoms with Crippen molar-refractivity contribution in [1.82, 2.24) is 19.4 Å². The van der Waals surface area contributed by atoms with Gasteiger partial charge in [-0.15, -0.1) is 11.3 Å². The van der Waals surface area contributed by atoms with Crippen molar-refractivity contribution in [2.75, 3.05) is 18.9 Å². The lowest BCUT2D eigenvalue weighted by molar-refractivity contribution is 0.318. The van der Waals surface area contributed by atoms with Crippen molar-refractivity contribution in [2.45, 2.75) is 19.5 Å². The Kier molecular flexibility index (Phi) is 5.02. The van der Waals surface area contributed by atoms with Gasteiger partial charge in [-0.25, -0.2) is 9.55 Å². The molecule has 0 aliphatic carbocycles. The summed E-state index contributed by atoms with van der Waals surface area (Å²) < 4.78 is 1.65. The molecular formula is C22H20ClN5OS. The maximum atomic E-state index is 13.7. The van der Waals surface area contributed by atoms with Gasteiger partial charge in [-0.1, -0.05) is 17.7 Å². The zero-order chi connectivity index (χ0) is 20.7. The number of hydrogen-bond donors (Lipinski definition) is 1. The highest BCUT2D eigenvalue weighted by Crippen LogP contribution is 2.33. The molecule has 0 saturated heterocycles. The third-order valence-corrected chi connectivity index (χ3v) is 6.69. The summed E-state index contributed by atoms with van der Waals surface area (Å²) in [4.78, 5) is 27.0. The van der Waals surface area contributed by atoms with Crippen LogP contribution in [-0.2, 0) is 19.5 Å². The van der Waals surface area contributed by atoms with Gasteiger partial charge in [-0.05, 0) is 54.9 Å². The summed E-state index contributed by atoms with van der Waals surface area (Å²) in [6, 6.07) is 11.2. The number of aromatic nitrogens is 3. The minimum Gasteiger partial charge on any atom is -0.351 e. The molecule has 0 atom stereocenters. The lowest BCUT2D eigenvalue weighted by Crippen LogP contribution is -2.27. The van der Waals surface area contributed by atoms with E-state index in [1.165, 1.54) is 4.88 Å². The van der Waals surface area contributed by atoms with Crippen LogP contribution in [0.25, 0.3) is 15.9 Å². The molecule has 0 amide bonds. The smallest absolute Gasteiger partial charge is 0.268 e. The van der Waals surface area contributed by atoms with E-state index in [2.05, 4.69) is 22.2 Å². The molecule has 0 saturated carbocycles. The zero-order valence-corrected chi connectivity index (χ0v) is 18.0. The summed E-state index contributed by atoms with van der Waals surface area (Å²) in [5.41, 5.74) is 2.85. The van der Waals surface area contributed by atoms with Crippen LogP contribution in [0.5, 0.6) is 0 Å². The molecule has 1 aromatic carbocycles. The first-order valence-electron chi connectivity index (χ1n) is 9.75. The van der Waals surface area contributed by atoms with Crippen molar-refractivity contribution < 1.29 is 0 Å². The average molecular weight is 438 g/mol. The van der Waals surface area contributed by atoms with Crippen molar-refractivity contribution in [2.24, 2.45) is 0 Å². The Morgan fingerprint density at radius 1 is 1.23 bits per heavy atom. The molecule has 1 N–H and O–H groups in total. The van der Waals surface area contributed by atoms with Crippen molar-refractivity contribution in [3.63, 3.8) is 0 Å². The number of rotatable bonds is 4. The van der Waals surface area contributed by atoms with Gasteiger partial charge in [-0.2, -0.15) is 0 Å². The third kappa shape index (κ3) is 3.49. The molecule has 6 nitrogen and oxygen atoms in total. The lowest BCUT2D eigenvalue weighted by Gasteiger charge is -2.21. The van der Waals surface area contributed by atoms with Gasteiger partial charge in [0.25, 0.3) is 5.56 Å². The molecule has 0 fully saturated rings. The fraction of sp³-hybridized carbons (Fsp3) is 0.227. The first-order chi connectivity index (χ1) is 14.6. The first kappa shape index (κ1) is 19.2. The molecule has 4 aromatic rings. The molecule has 0 unspecified atom stereocenters. The van der Waals surface area contributed by atoms with Crippen LogP contribution in [0.1, 0.15) is 16.0 Å². The zero-order valence-electron chi connectivity index (χ0n) is 16.4. The number of nitrogens with zero attached hydrogens (tertiary/aromatic N) is 4. The number of hydrogen-bond acceptors (Lipinski definition) is 6. The van der Waals surface area contributed by atoms with E-state index in [-0.39, 0.29) is 5.56 Å². The Bertz CT molecular complexity index is 1270. The summed E-state index contributed by atoms with van der Waals surface area (Å²) in [5.74, 6) is 0.519. The standard InChI is InChI=1S/C22H20ClN5OS/c1-27-10-8-17-18(13-27)30-20-19(17)21(29)28(16-6-4-15(23)5-7-16)22(26-20)25-12-14-3-2-9-24-11-14/h2-7,9,11H,8,10,12-13H2,1H3,(H,25,26). The topological polar surface area (TPSA) is 63.1 Å². The maximum absolute atomic E-state index is 13.7. The summed E-state index contributed by atoms with van der Waals surface area (Å²) in [6.07, 6.45) is 4.41. The van der Waals surface area contributed by atoms with E-state index in [1.54, 1.807) is 40.4 Å². The number of fused-ring (bicyclic) bond motifs is 3. The second-order valence-electron chi connectivity index (χ2n) is 7.44. The molecule has 0 bridgehead atoms. The molecule has 1 aliphatic heterocycles. The van der Waals surface area contributed by atoms with Gasteiger partial charge >= 0.3 is 0 Å². The Labute approximate surface area is 182 Å². The lowest BCUT2D eigenvalue weighted by atomic mass is 10.1. The van der Waals surface area contributed by atoms with Gasteiger partial charge in [-0.3, -0.25) is 9.78 Å². The van der Waals surface area contributed by atoms with E-state index in [0.717, 1.165) is 46.5 Å². The van der Waals surface area contributed by atoms with Crippen molar-refractivity contribution >= 4 is 39.1 Å². The highest BCUT2D eigenvalue weighted by Gasteiger charge is 2.24. The molecular weight excluding hydrogens is 418 g/mol. The van der Waals surface area contributed by atoms with E-state index < -0.39 is 0 Å². The van der Waals surface area contributed by atoms with Crippen LogP contribution in [-0.4, -0.2) is 33.0 Å². The Balaban J connectivity index is 1.67. The summed E-state index contributed by atoms with van der Waals surface area (Å²) in [6.45, 7) is 2.32. The molecule has 8 heteroatoms. The number of thiophene rings is 1. The molecule has 1 aliphatic rings. The molecule has 0 spiro atoms. The first-order valence-corrected chi connectivity index (χ1v) is 10.9. The van der Waals surface area contributed by atoms with Crippen LogP contribution < -0.4 is 10.9 Å². The van der Waals surface area contributed by atoms with Gasteiger partial charge < -0.3 is 10.2 Å². The fourth-order valence-electron chi connectivity index (χ4n) is 3.80. The fourth-order valence-corrected chi connectivity index (χ4v) is 5.22. The minimum absolute atomic E-state index is 0.0435. The Hall–Kier alpha value is -2.74. The highest BCUT2D eigenvalue weighted by atomic mass is 35.5. The SMILES string of the molecule is CN1CCc2c(sc3nc(NCc4cccnc4)n(-c4ccc(Cl)cc4)c(=O)c23)C1. The van der Waals surface area contributed by atoms with Gasteiger partial charge in [0.2, 0.25) is 5.95 Å². The summed E-state index contributed by atoms with van der Waals surface area (Å²) >= 11 is 7.70. The molecule has 5 rings (SSSR count). The van der Waals surface area contributed by atoms with Crippen molar-refractivity contribution in [3.8, 4) is 5.69 Å². The van der Waals surface area contributed by atoms with Crippen LogP contribution in [0, 0.1) is 0 Å². The number of benzene rings is 1. The van der Waals surface area contributed by atoms with Crippen molar-refractivity contribution in [3.05, 3.63) is 80.2 Å². The van der Waals surface area contributed by atoms with E-state index in [4.69, 9.17) is 16.6 Å². The van der Waals surface area contributed by atoms with Crippen LogP contribution in [0.4, 0.5) is 5.95 Å². The molecule has 0 radical (unpaired) electrons. The predicted octanol–water partition coefficient (Wildman–Crippen LogP) is 4.10. The third-order valence-electron chi connectivity index (χ3n) is 5.32. The predicted molar refractivity (Wildman–Crippen MR) is 122 cm³/mol. The van der Waals surface area contributed by atoms with Crippen molar-refractivity contribution in [1.29, 1.82) is 0 Å². The number of anilines is 1. The van der Waals surface area contributed by atoms with Crippen LogP contribution in [0.3, 0.4) is 0 Å². The van der Waals surface area contributed by atoms with E-state index >= 15 is 0 Å². The summed E-state index contributed by atoms with van der Waals surface area (Å²) in [7, 11) is 2.10. The van der Waals surface area contributed by atoms with E-state index in [1.807, 2.05) is 24.3 Å². The summed E-state index contributed by atoms with van der Waals surface area (Å²) in [5, 5.41) is 4.71. The number of likely N-dealkylation sites (N-methyl/N-ethyl adjacent to an activating group) is 1. The Morgan fingerprint density at radius 2 is 2.07 bits per heavy atom. The largest absolute Gasteiger partial charge is 0.351 e. The second-order valence-corrected chi connectivity index (χ2v) is 8.96. The van der Waals surface area contributed by atoms with Gasteiger partial charge in [0, 0.05) is 41.9 Å². The van der Waals surface area contributed by atoms with Gasteiger partial charge in [0.1, 0.15) is 4.83 Å². The minimum atomic E-state index is -0.0435. The molecule has 30 heavy (non-hydrogen) atoms. The number of halogens is 1. The van der Waals surface area contributed by atoms with Crippen LogP contribution >= 0.6 is 22.9 Å². The van der Waals surface area contributed by atoms with Gasteiger partial charge in [0.15, 0.2) is 0 Å². The molecule has 3 aromatic heterocycles. The quantitative estimate of drug-likeness (QED) is 0.521. The van der Waals surface area contributed by atoms with Gasteiger partial charge in [0.05, 0.1) is 11.1 Å². The maximum Gasteiger partial charge on any atom is 0.268 e. The average Bonchev–Trinajstić information content (AvgIpc) is 3.11. The number of pyridine rings is 1. The molecule has 152 valence electrons. The Morgan fingerprint density at radius 3 is 2.83 bits per heavy atom.